The van der Waals surface area contributed by atoms with E-state index in [1.54, 1.807) is 17.0 Å². The second-order valence-corrected chi connectivity index (χ2v) is 5.87. The van der Waals surface area contributed by atoms with E-state index in [0.717, 1.165) is 11.4 Å². The molecule has 1 aliphatic rings. The zero-order valence-electron chi connectivity index (χ0n) is 13.2. The third-order valence-corrected chi connectivity index (χ3v) is 4.01. The number of nitrogens with one attached hydrogen (secondary N) is 1. The van der Waals surface area contributed by atoms with Gasteiger partial charge in [0.15, 0.2) is 0 Å². The molecule has 0 heterocycles. The maximum atomic E-state index is 12.7. The van der Waals surface area contributed by atoms with Crippen LogP contribution in [0.15, 0.2) is 66.4 Å². The Morgan fingerprint density at radius 3 is 2.30 bits per heavy atom. The fraction of sp³-hybridized carbons (Fsp3) is 0.211. The first-order valence-electron chi connectivity index (χ1n) is 7.83. The fourth-order valence-corrected chi connectivity index (χ4v) is 2.48. The minimum absolute atomic E-state index is 0.180. The fourth-order valence-electron chi connectivity index (χ4n) is 2.48. The Balaban J connectivity index is 1.86. The minimum atomic E-state index is -0.180. The number of anilines is 3. The minimum Gasteiger partial charge on any atom is -0.399 e. The van der Waals surface area contributed by atoms with Crippen LogP contribution < -0.4 is 16.0 Å². The van der Waals surface area contributed by atoms with Crippen LogP contribution in [0.5, 0.6) is 0 Å². The molecule has 2 aromatic carbocycles. The lowest BCUT2D eigenvalue weighted by Crippen LogP contribution is -2.34. The van der Waals surface area contributed by atoms with Crippen molar-refractivity contribution in [3.63, 3.8) is 0 Å². The van der Waals surface area contributed by atoms with E-state index in [-0.39, 0.29) is 6.03 Å². The number of carbonyl (C=O) groups excluding carboxylic acids is 1. The quantitative estimate of drug-likeness (QED) is 0.821. The molecular weight excluding hydrogens is 286 g/mol. The van der Waals surface area contributed by atoms with Gasteiger partial charge in [0.05, 0.1) is 11.4 Å². The number of nitrogens with two attached hydrogens (primary N) is 1. The first-order valence-corrected chi connectivity index (χ1v) is 7.83. The van der Waals surface area contributed by atoms with E-state index in [2.05, 4.69) is 12.2 Å². The molecule has 0 spiro atoms. The van der Waals surface area contributed by atoms with Crippen LogP contribution in [0, 0.1) is 5.92 Å². The number of nitrogens with zero attached hydrogens (tertiary/aromatic N) is 1. The highest BCUT2D eigenvalue weighted by molar-refractivity contribution is 5.99. The van der Waals surface area contributed by atoms with Crippen LogP contribution in [-0.2, 0) is 0 Å². The standard InChI is InChI=1S/C19H21N3O/c1-14(15-7-8-15)13-21-19(23)22(17-5-3-2-4-6-17)18-11-9-16(20)10-12-18/h2-6,9-13,15H,7-8,20H2,1H3,(H,21,23)/b14-13+. The summed E-state index contributed by atoms with van der Waals surface area (Å²) in [5, 5.41) is 2.91. The van der Waals surface area contributed by atoms with Gasteiger partial charge in [0.1, 0.15) is 0 Å². The summed E-state index contributed by atoms with van der Waals surface area (Å²) in [4.78, 5) is 14.4. The summed E-state index contributed by atoms with van der Waals surface area (Å²) >= 11 is 0. The Labute approximate surface area is 136 Å². The molecule has 118 valence electrons. The van der Waals surface area contributed by atoms with Crippen LogP contribution in [0.3, 0.4) is 0 Å². The predicted octanol–water partition coefficient (Wildman–Crippen LogP) is 4.43. The van der Waals surface area contributed by atoms with E-state index in [4.69, 9.17) is 5.73 Å². The van der Waals surface area contributed by atoms with Crippen LogP contribution in [-0.4, -0.2) is 6.03 Å². The molecule has 4 heteroatoms. The van der Waals surface area contributed by atoms with Crippen LogP contribution in [0.25, 0.3) is 0 Å². The molecule has 2 aromatic rings. The van der Waals surface area contributed by atoms with Gasteiger partial charge in [-0.25, -0.2) is 4.79 Å². The Kier molecular flexibility index (Phi) is 4.33. The zero-order valence-corrected chi connectivity index (χ0v) is 13.2. The number of urea groups is 1. The molecule has 0 bridgehead atoms. The van der Waals surface area contributed by atoms with Gasteiger partial charge in [-0.2, -0.15) is 0 Å². The molecule has 3 rings (SSSR count). The number of hydrogen-bond acceptors (Lipinski definition) is 2. The van der Waals surface area contributed by atoms with Crippen LogP contribution in [0.4, 0.5) is 21.9 Å². The van der Waals surface area contributed by atoms with E-state index in [0.29, 0.717) is 11.6 Å². The lowest BCUT2D eigenvalue weighted by molar-refractivity contribution is 0.251. The Bertz CT molecular complexity index is 703. The average Bonchev–Trinajstić information content (AvgIpc) is 3.41. The first kappa shape index (κ1) is 15.2. The van der Waals surface area contributed by atoms with Crippen molar-refractivity contribution in [1.29, 1.82) is 0 Å². The largest absolute Gasteiger partial charge is 0.399 e. The summed E-state index contributed by atoms with van der Waals surface area (Å²) in [6.07, 6.45) is 4.27. The molecule has 1 fully saturated rings. The monoisotopic (exact) mass is 307 g/mol. The van der Waals surface area contributed by atoms with Gasteiger partial charge in [-0.15, -0.1) is 0 Å². The Morgan fingerprint density at radius 2 is 1.70 bits per heavy atom. The molecule has 0 saturated heterocycles. The van der Waals surface area contributed by atoms with E-state index < -0.39 is 0 Å². The smallest absolute Gasteiger partial charge is 0.330 e. The maximum Gasteiger partial charge on any atom is 0.330 e. The van der Waals surface area contributed by atoms with Crippen molar-refractivity contribution in [1.82, 2.24) is 5.32 Å². The third kappa shape index (κ3) is 3.72. The normalized spacial score (nSPS) is 14.4. The molecular formula is C19H21N3O. The summed E-state index contributed by atoms with van der Waals surface area (Å²) in [5.74, 6) is 0.636. The predicted molar refractivity (Wildman–Crippen MR) is 94.4 cm³/mol. The highest BCUT2D eigenvalue weighted by Crippen LogP contribution is 2.35. The number of para-hydroxylation sites is 1. The number of nitrogen functional groups attached to an aromatic ring is 1. The van der Waals surface area contributed by atoms with Crippen molar-refractivity contribution in [3.05, 3.63) is 66.4 Å². The van der Waals surface area contributed by atoms with Gasteiger partial charge in [-0.05, 0) is 62.1 Å². The number of amides is 2. The van der Waals surface area contributed by atoms with E-state index in [9.17, 15) is 4.79 Å². The molecule has 1 aliphatic carbocycles. The van der Waals surface area contributed by atoms with Crippen molar-refractivity contribution in [2.45, 2.75) is 19.8 Å². The maximum absolute atomic E-state index is 12.7. The van der Waals surface area contributed by atoms with Gasteiger partial charge in [-0.1, -0.05) is 23.8 Å². The topological polar surface area (TPSA) is 58.4 Å². The van der Waals surface area contributed by atoms with Crippen LogP contribution >= 0.6 is 0 Å². The van der Waals surface area contributed by atoms with E-state index in [1.807, 2.05) is 48.7 Å². The zero-order chi connectivity index (χ0) is 16.2. The lowest BCUT2D eigenvalue weighted by atomic mass is 10.2. The van der Waals surface area contributed by atoms with Gasteiger partial charge in [0.2, 0.25) is 0 Å². The number of benzene rings is 2. The van der Waals surface area contributed by atoms with Gasteiger partial charge in [-0.3, -0.25) is 4.90 Å². The molecule has 0 unspecified atom stereocenters. The van der Waals surface area contributed by atoms with Crippen molar-refractivity contribution in [3.8, 4) is 0 Å². The van der Waals surface area contributed by atoms with Crippen molar-refractivity contribution >= 4 is 23.1 Å². The number of allylic oxidation sites excluding steroid dienone is 1. The highest BCUT2D eigenvalue weighted by atomic mass is 16.2. The Morgan fingerprint density at radius 1 is 1.09 bits per heavy atom. The number of rotatable bonds is 4. The van der Waals surface area contributed by atoms with Gasteiger partial charge in [0.25, 0.3) is 0 Å². The summed E-state index contributed by atoms with van der Waals surface area (Å²) in [5.41, 5.74) is 9.24. The molecule has 2 amide bonds. The number of hydrogen-bond donors (Lipinski definition) is 2. The SMILES string of the molecule is C/C(=C\NC(=O)N(c1ccccc1)c1ccc(N)cc1)C1CC1. The number of carbonyl (C=O) groups is 1. The highest BCUT2D eigenvalue weighted by Gasteiger charge is 2.23. The second kappa shape index (κ2) is 6.57. The summed E-state index contributed by atoms with van der Waals surface area (Å²) < 4.78 is 0. The summed E-state index contributed by atoms with van der Waals surface area (Å²) in [6.45, 7) is 2.06. The molecule has 23 heavy (non-hydrogen) atoms. The van der Waals surface area contributed by atoms with Gasteiger partial charge >= 0.3 is 6.03 Å². The lowest BCUT2D eigenvalue weighted by Gasteiger charge is -2.23. The van der Waals surface area contributed by atoms with Crippen LogP contribution in [0.2, 0.25) is 0 Å². The molecule has 3 N–H and O–H groups in total. The summed E-state index contributed by atoms with van der Waals surface area (Å²) in [7, 11) is 0. The van der Waals surface area contributed by atoms with Gasteiger partial charge in [0, 0.05) is 11.9 Å². The molecule has 1 saturated carbocycles. The van der Waals surface area contributed by atoms with Crippen molar-refractivity contribution in [2.75, 3.05) is 10.6 Å². The Hall–Kier alpha value is -2.75. The second-order valence-electron chi connectivity index (χ2n) is 5.87. The van der Waals surface area contributed by atoms with E-state index >= 15 is 0 Å². The van der Waals surface area contributed by atoms with Crippen LogP contribution in [0.1, 0.15) is 19.8 Å². The molecule has 0 radical (unpaired) electrons. The first-order chi connectivity index (χ1) is 11.1. The molecule has 0 aromatic heterocycles. The molecule has 0 aliphatic heterocycles. The molecule has 4 nitrogen and oxygen atoms in total. The van der Waals surface area contributed by atoms with E-state index in [1.165, 1.54) is 18.4 Å². The van der Waals surface area contributed by atoms with Crippen molar-refractivity contribution < 1.29 is 4.79 Å². The van der Waals surface area contributed by atoms with Gasteiger partial charge < -0.3 is 11.1 Å². The van der Waals surface area contributed by atoms with Crippen molar-refractivity contribution in [2.24, 2.45) is 5.92 Å². The summed E-state index contributed by atoms with van der Waals surface area (Å²) in [6, 6.07) is 16.7. The average molecular weight is 307 g/mol. The molecule has 0 atom stereocenters. The third-order valence-electron chi connectivity index (χ3n) is 4.01.